The fourth-order valence-electron chi connectivity index (χ4n) is 3.04. The van der Waals surface area contributed by atoms with Gasteiger partial charge in [-0.1, -0.05) is 37.3 Å². The fourth-order valence-corrected chi connectivity index (χ4v) is 4.25. The predicted octanol–water partition coefficient (Wildman–Crippen LogP) is 3.80. The van der Waals surface area contributed by atoms with Crippen LogP contribution in [-0.4, -0.2) is 26.6 Å². The van der Waals surface area contributed by atoms with Crippen LogP contribution < -0.4 is 9.62 Å². The van der Waals surface area contributed by atoms with Gasteiger partial charge in [-0.25, -0.2) is 8.42 Å². The minimum absolute atomic E-state index is 0.336. The van der Waals surface area contributed by atoms with E-state index in [1.165, 1.54) is 4.31 Å². The molecule has 0 aliphatic heterocycles. The van der Waals surface area contributed by atoms with E-state index in [9.17, 15) is 13.2 Å². The monoisotopic (exact) mass is 374 g/mol. The van der Waals surface area contributed by atoms with Gasteiger partial charge in [-0.3, -0.25) is 9.10 Å². The number of hydrogen-bond donors (Lipinski definition) is 1. The molecule has 0 heterocycles. The Hall–Kier alpha value is -2.34. The van der Waals surface area contributed by atoms with Crippen molar-refractivity contribution in [2.75, 3.05) is 15.9 Å². The lowest BCUT2D eigenvalue weighted by Crippen LogP contribution is -2.47. The molecule has 0 radical (unpaired) electrons. The SMILES string of the molecule is CCC(C(=O)Nc1c(C)cccc1C)N(c1cccc(C)c1)S(C)(=O)=O. The van der Waals surface area contributed by atoms with Crippen LogP contribution >= 0.6 is 0 Å². The summed E-state index contributed by atoms with van der Waals surface area (Å²) in [6, 6.07) is 12.1. The molecule has 1 atom stereocenters. The number of carbonyl (C=O) groups excluding carboxylic acids is 1. The van der Waals surface area contributed by atoms with Gasteiger partial charge in [0.15, 0.2) is 0 Å². The van der Waals surface area contributed by atoms with Gasteiger partial charge < -0.3 is 5.32 Å². The normalized spacial score (nSPS) is 12.5. The molecule has 0 aliphatic carbocycles. The molecular formula is C20H26N2O3S. The summed E-state index contributed by atoms with van der Waals surface area (Å²) in [5, 5.41) is 2.92. The van der Waals surface area contributed by atoms with Crippen molar-refractivity contribution in [3.05, 3.63) is 59.2 Å². The molecule has 140 valence electrons. The third kappa shape index (κ3) is 4.43. The third-order valence-corrected chi connectivity index (χ3v) is 5.50. The van der Waals surface area contributed by atoms with E-state index in [0.29, 0.717) is 12.1 Å². The van der Waals surface area contributed by atoms with E-state index in [4.69, 9.17) is 0 Å². The van der Waals surface area contributed by atoms with E-state index >= 15 is 0 Å². The number of aryl methyl sites for hydroxylation is 3. The molecule has 0 saturated heterocycles. The van der Waals surface area contributed by atoms with Crippen LogP contribution in [0, 0.1) is 20.8 Å². The second-order valence-electron chi connectivity index (χ2n) is 6.58. The second-order valence-corrected chi connectivity index (χ2v) is 8.44. The topological polar surface area (TPSA) is 66.5 Å². The molecule has 1 amide bonds. The number of nitrogens with zero attached hydrogens (tertiary/aromatic N) is 1. The first-order valence-corrected chi connectivity index (χ1v) is 10.4. The molecule has 0 fully saturated rings. The molecule has 2 rings (SSSR count). The van der Waals surface area contributed by atoms with Crippen molar-refractivity contribution in [3.63, 3.8) is 0 Å². The van der Waals surface area contributed by atoms with Crippen LogP contribution in [0.1, 0.15) is 30.0 Å². The van der Waals surface area contributed by atoms with E-state index in [2.05, 4.69) is 5.32 Å². The molecule has 2 aromatic rings. The van der Waals surface area contributed by atoms with Crippen LogP contribution in [0.25, 0.3) is 0 Å². The summed E-state index contributed by atoms with van der Waals surface area (Å²) in [6.07, 6.45) is 1.49. The highest BCUT2D eigenvalue weighted by molar-refractivity contribution is 7.92. The van der Waals surface area contributed by atoms with Crippen LogP contribution in [-0.2, 0) is 14.8 Å². The van der Waals surface area contributed by atoms with Crippen LogP contribution in [0.3, 0.4) is 0 Å². The van der Waals surface area contributed by atoms with Gasteiger partial charge in [0.2, 0.25) is 15.9 Å². The highest BCUT2D eigenvalue weighted by Crippen LogP contribution is 2.25. The minimum Gasteiger partial charge on any atom is -0.324 e. The largest absolute Gasteiger partial charge is 0.324 e. The number of para-hydroxylation sites is 1. The molecule has 6 heteroatoms. The molecule has 0 aromatic heterocycles. The van der Waals surface area contributed by atoms with Gasteiger partial charge in [0.1, 0.15) is 6.04 Å². The summed E-state index contributed by atoms with van der Waals surface area (Å²) in [5.74, 6) is -0.336. The Morgan fingerprint density at radius 3 is 2.15 bits per heavy atom. The predicted molar refractivity (Wildman–Crippen MR) is 107 cm³/mol. The molecule has 0 saturated carbocycles. The van der Waals surface area contributed by atoms with Crippen LogP contribution in [0.4, 0.5) is 11.4 Å². The van der Waals surface area contributed by atoms with E-state index in [0.717, 1.165) is 28.6 Å². The Bertz CT molecular complexity index is 887. The van der Waals surface area contributed by atoms with Crippen molar-refractivity contribution >= 4 is 27.3 Å². The van der Waals surface area contributed by atoms with Crippen molar-refractivity contribution in [2.45, 2.75) is 40.2 Å². The molecule has 0 aliphatic rings. The van der Waals surface area contributed by atoms with Gasteiger partial charge >= 0.3 is 0 Å². The van der Waals surface area contributed by atoms with Gasteiger partial charge in [0.05, 0.1) is 11.9 Å². The lowest BCUT2D eigenvalue weighted by atomic mass is 10.1. The second kappa shape index (κ2) is 7.91. The van der Waals surface area contributed by atoms with E-state index in [1.54, 1.807) is 18.2 Å². The average Bonchev–Trinajstić information content (AvgIpc) is 2.54. The van der Waals surface area contributed by atoms with E-state index < -0.39 is 16.1 Å². The number of sulfonamides is 1. The molecule has 0 spiro atoms. The van der Waals surface area contributed by atoms with Crippen LogP contribution in [0.5, 0.6) is 0 Å². The Labute approximate surface area is 156 Å². The summed E-state index contributed by atoms with van der Waals surface area (Å²) in [6.45, 7) is 7.53. The third-order valence-electron chi connectivity index (χ3n) is 4.32. The van der Waals surface area contributed by atoms with Crippen molar-refractivity contribution in [2.24, 2.45) is 0 Å². The average molecular weight is 375 g/mol. The van der Waals surface area contributed by atoms with Gasteiger partial charge in [0.25, 0.3) is 0 Å². The number of rotatable bonds is 6. The van der Waals surface area contributed by atoms with Crippen molar-refractivity contribution in [3.8, 4) is 0 Å². The Balaban J connectivity index is 2.43. The maximum atomic E-state index is 13.0. The Morgan fingerprint density at radius 1 is 1.08 bits per heavy atom. The highest BCUT2D eigenvalue weighted by atomic mass is 32.2. The molecular weight excluding hydrogens is 348 g/mol. The molecule has 26 heavy (non-hydrogen) atoms. The smallest absolute Gasteiger partial charge is 0.248 e. The van der Waals surface area contributed by atoms with Crippen molar-refractivity contribution < 1.29 is 13.2 Å². The van der Waals surface area contributed by atoms with Crippen LogP contribution in [0.2, 0.25) is 0 Å². The Morgan fingerprint density at radius 2 is 1.65 bits per heavy atom. The molecule has 2 aromatic carbocycles. The standard InChI is InChI=1S/C20H26N2O3S/c1-6-18(20(23)21-19-15(3)10-8-11-16(19)4)22(26(5,24)25)17-12-7-9-14(2)13-17/h7-13,18H,6H2,1-5H3,(H,21,23). The number of anilines is 2. The molecule has 1 unspecified atom stereocenters. The van der Waals surface area contributed by atoms with Gasteiger partial charge in [-0.2, -0.15) is 0 Å². The quantitative estimate of drug-likeness (QED) is 0.836. The van der Waals surface area contributed by atoms with E-state index in [-0.39, 0.29) is 5.91 Å². The first-order valence-electron chi connectivity index (χ1n) is 8.58. The summed E-state index contributed by atoms with van der Waals surface area (Å²) < 4.78 is 26.2. The summed E-state index contributed by atoms with van der Waals surface area (Å²) in [7, 11) is -3.63. The first kappa shape index (κ1) is 20.0. The number of carbonyl (C=O) groups is 1. The number of hydrogen-bond acceptors (Lipinski definition) is 3. The minimum atomic E-state index is -3.63. The fraction of sp³-hybridized carbons (Fsp3) is 0.350. The van der Waals surface area contributed by atoms with Gasteiger partial charge in [0, 0.05) is 5.69 Å². The maximum Gasteiger partial charge on any atom is 0.248 e. The number of benzene rings is 2. The van der Waals surface area contributed by atoms with E-state index in [1.807, 2.05) is 52.0 Å². The lowest BCUT2D eigenvalue weighted by Gasteiger charge is -2.30. The lowest BCUT2D eigenvalue weighted by molar-refractivity contribution is -0.117. The zero-order valence-corrected chi connectivity index (χ0v) is 16.7. The zero-order chi connectivity index (χ0) is 19.5. The first-order chi connectivity index (χ1) is 12.1. The Kier molecular flexibility index (Phi) is 6.08. The summed E-state index contributed by atoms with van der Waals surface area (Å²) >= 11 is 0. The highest BCUT2D eigenvalue weighted by Gasteiger charge is 2.31. The van der Waals surface area contributed by atoms with Gasteiger partial charge in [-0.15, -0.1) is 0 Å². The molecule has 5 nitrogen and oxygen atoms in total. The van der Waals surface area contributed by atoms with Crippen molar-refractivity contribution in [1.29, 1.82) is 0 Å². The molecule has 0 bridgehead atoms. The molecule has 1 N–H and O–H groups in total. The summed E-state index contributed by atoms with van der Waals surface area (Å²) in [5.41, 5.74) is 4.04. The van der Waals surface area contributed by atoms with Gasteiger partial charge in [-0.05, 0) is 56.0 Å². The number of nitrogens with one attached hydrogen (secondary N) is 1. The van der Waals surface area contributed by atoms with Crippen molar-refractivity contribution in [1.82, 2.24) is 0 Å². The maximum absolute atomic E-state index is 13.0. The summed E-state index contributed by atoms with van der Waals surface area (Å²) in [4.78, 5) is 13.0. The van der Waals surface area contributed by atoms with Crippen LogP contribution in [0.15, 0.2) is 42.5 Å². The zero-order valence-electron chi connectivity index (χ0n) is 15.9. The number of amides is 1.